The Morgan fingerprint density at radius 2 is 1.83 bits per heavy atom. The first kappa shape index (κ1) is 17.1. The second kappa shape index (κ2) is 9.08. The van der Waals surface area contributed by atoms with Crippen molar-refractivity contribution in [1.82, 2.24) is 10.6 Å². The van der Waals surface area contributed by atoms with E-state index < -0.39 is 18.0 Å². The molecule has 0 aromatic heterocycles. The predicted molar refractivity (Wildman–Crippen MR) is 75.0 cm³/mol. The van der Waals surface area contributed by atoms with Gasteiger partial charge in [0.1, 0.15) is 6.04 Å². The Bertz CT molecular complexity index is 272. The molecule has 0 aromatic rings. The van der Waals surface area contributed by atoms with E-state index in [-0.39, 0.29) is 12.0 Å². The number of hydrogen-bond donors (Lipinski definition) is 3. The standard InChI is InChI=1S/C12H24N2O3S/c1-8(2)7-10(11(15)16)14-12(17)13-9(3)5-6-18-4/h8-10H,5-7H2,1-4H3,(H,15,16)(H2,13,14,17). The molecule has 106 valence electrons. The fraction of sp³-hybridized carbons (Fsp3) is 0.833. The summed E-state index contributed by atoms with van der Waals surface area (Å²) in [6, 6.07) is -1.18. The van der Waals surface area contributed by atoms with Crippen LogP contribution in [0.1, 0.15) is 33.6 Å². The number of nitrogens with one attached hydrogen (secondary N) is 2. The first-order chi connectivity index (χ1) is 8.36. The van der Waals surface area contributed by atoms with Gasteiger partial charge in [-0.1, -0.05) is 13.8 Å². The number of urea groups is 1. The van der Waals surface area contributed by atoms with Crippen molar-refractivity contribution in [3.05, 3.63) is 0 Å². The lowest BCUT2D eigenvalue weighted by molar-refractivity contribution is -0.139. The number of hydrogen-bond acceptors (Lipinski definition) is 3. The molecule has 2 atom stereocenters. The molecule has 5 nitrogen and oxygen atoms in total. The van der Waals surface area contributed by atoms with E-state index in [2.05, 4.69) is 10.6 Å². The Hall–Kier alpha value is -0.910. The summed E-state index contributed by atoms with van der Waals surface area (Å²) in [6.45, 7) is 5.77. The third kappa shape index (κ3) is 8.22. The van der Waals surface area contributed by atoms with Gasteiger partial charge in [-0.2, -0.15) is 11.8 Å². The van der Waals surface area contributed by atoms with Crippen molar-refractivity contribution < 1.29 is 14.7 Å². The van der Waals surface area contributed by atoms with Crippen molar-refractivity contribution in [1.29, 1.82) is 0 Å². The molecule has 0 spiro atoms. The van der Waals surface area contributed by atoms with E-state index in [1.54, 1.807) is 11.8 Å². The molecule has 0 aliphatic heterocycles. The van der Waals surface area contributed by atoms with Crippen LogP contribution in [0.15, 0.2) is 0 Å². The maximum Gasteiger partial charge on any atom is 0.326 e. The Morgan fingerprint density at radius 3 is 2.28 bits per heavy atom. The number of aliphatic carboxylic acids is 1. The molecule has 0 saturated heterocycles. The molecule has 6 heteroatoms. The third-order valence-electron chi connectivity index (χ3n) is 2.44. The van der Waals surface area contributed by atoms with Gasteiger partial charge in [0.25, 0.3) is 0 Å². The minimum absolute atomic E-state index is 0.0472. The summed E-state index contributed by atoms with van der Waals surface area (Å²) in [4.78, 5) is 22.6. The zero-order valence-electron chi connectivity index (χ0n) is 11.5. The van der Waals surface area contributed by atoms with Gasteiger partial charge in [0.2, 0.25) is 0 Å². The first-order valence-electron chi connectivity index (χ1n) is 6.15. The fourth-order valence-corrected chi connectivity index (χ4v) is 2.07. The third-order valence-corrected chi connectivity index (χ3v) is 3.09. The number of carboxylic acids is 1. The van der Waals surface area contributed by atoms with Gasteiger partial charge in [0.15, 0.2) is 0 Å². The van der Waals surface area contributed by atoms with Crippen molar-refractivity contribution in [2.75, 3.05) is 12.0 Å². The topological polar surface area (TPSA) is 78.4 Å². The normalized spacial score (nSPS) is 14.1. The highest BCUT2D eigenvalue weighted by Gasteiger charge is 2.21. The Morgan fingerprint density at radius 1 is 1.22 bits per heavy atom. The van der Waals surface area contributed by atoms with E-state index in [9.17, 15) is 9.59 Å². The molecule has 0 radical (unpaired) electrons. The molecule has 0 saturated carbocycles. The average Bonchev–Trinajstić information content (AvgIpc) is 2.24. The lowest BCUT2D eigenvalue weighted by atomic mass is 10.0. The first-order valence-corrected chi connectivity index (χ1v) is 7.55. The van der Waals surface area contributed by atoms with Gasteiger partial charge in [-0.15, -0.1) is 0 Å². The van der Waals surface area contributed by atoms with Gasteiger partial charge in [-0.05, 0) is 37.7 Å². The summed E-state index contributed by atoms with van der Waals surface area (Å²) in [5, 5.41) is 14.2. The largest absolute Gasteiger partial charge is 0.480 e. The quantitative estimate of drug-likeness (QED) is 0.633. The van der Waals surface area contributed by atoms with Crippen molar-refractivity contribution in [3.63, 3.8) is 0 Å². The summed E-state index contributed by atoms with van der Waals surface area (Å²) in [7, 11) is 0. The molecule has 0 fully saturated rings. The molecule has 2 unspecified atom stereocenters. The average molecular weight is 276 g/mol. The van der Waals surface area contributed by atoms with Gasteiger partial charge >= 0.3 is 12.0 Å². The molecule has 18 heavy (non-hydrogen) atoms. The highest BCUT2D eigenvalue weighted by atomic mass is 32.2. The molecular weight excluding hydrogens is 252 g/mol. The summed E-state index contributed by atoms with van der Waals surface area (Å²) in [6.07, 6.45) is 3.31. The second-order valence-electron chi connectivity index (χ2n) is 4.82. The summed E-state index contributed by atoms with van der Waals surface area (Å²) >= 11 is 1.72. The van der Waals surface area contributed by atoms with E-state index in [4.69, 9.17) is 5.11 Å². The highest BCUT2D eigenvalue weighted by molar-refractivity contribution is 7.98. The molecular formula is C12H24N2O3S. The van der Waals surface area contributed by atoms with Crippen LogP contribution >= 0.6 is 11.8 Å². The Labute approximate surface area is 113 Å². The van der Waals surface area contributed by atoms with E-state index in [0.717, 1.165) is 12.2 Å². The number of carboxylic acid groups (broad SMARTS) is 1. The summed E-state index contributed by atoms with van der Waals surface area (Å²) < 4.78 is 0. The monoisotopic (exact) mass is 276 g/mol. The molecule has 3 N–H and O–H groups in total. The van der Waals surface area contributed by atoms with E-state index in [1.807, 2.05) is 27.0 Å². The maximum atomic E-state index is 11.6. The van der Waals surface area contributed by atoms with Crippen molar-refractivity contribution in [3.8, 4) is 0 Å². The van der Waals surface area contributed by atoms with Gasteiger partial charge in [0, 0.05) is 6.04 Å². The number of rotatable bonds is 8. The number of carbonyl (C=O) groups is 2. The smallest absolute Gasteiger partial charge is 0.326 e. The van der Waals surface area contributed by atoms with Crippen LogP contribution < -0.4 is 10.6 Å². The highest BCUT2D eigenvalue weighted by Crippen LogP contribution is 2.05. The van der Waals surface area contributed by atoms with Gasteiger partial charge in [0.05, 0.1) is 0 Å². The van der Waals surface area contributed by atoms with Crippen LogP contribution in [-0.4, -0.2) is 41.2 Å². The van der Waals surface area contributed by atoms with E-state index >= 15 is 0 Å². The minimum Gasteiger partial charge on any atom is -0.480 e. The van der Waals surface area contributed by atoms with Gasteiger partial charge in [-0.3, -0.25) is 0 Å². The molecule has 0 heterocycles. The summed E-state index contributed by atoms with van der Waals surface area (Å²) in [5.41, 5.74) is 0. The zero-order chi connectivity index (χ0) is 14.1. The minimum atomic E-state index is -0.990. The van der Waals surface area contributed by atoms with Crippen LogP contribution in [0, 0.1) is 5.92 Å². The van der Waals surface area contributed by atoms with Crippen LogP contribution in [0.4, 0.5) is 4.79 Å². The maximum absolute atomic E-state index is 11.6. The van der Waals surface area contributed by atoms with E-state index in [1.165, 1.54) is 0 Å². The van der Waals surface area contributed by atoms with Crippen molar-refractivity contribution >= 4 is 23.8 Å². The molecule has 0 bridgehead atoms. The number of thioether (sulfide) groups is 1. The fourth-order valence-electron chi connectivity index (χ4n) is 1.48. The van der Waals surface area contributed by atoms with Gasteiger partial charge in [-0.25, -0.2) is 9.59 Å². The van der Waals surface area contributed by atoms with Crippen molar-refractivity contribution in [2.24, 2.45) is 5.92 Å². The van der Waals surface area contributed by atoms with Crippen LogP contribution in [0.3, 0.4) is 0 Å². The zero-order valence-corrected chi connectivity index (χ0v) is 12.3. The van der Waals surface area contributed by atoms with Gasteiger partial charge < -0.3 is 15.7 Å². The second-order valence-corrected chi connectivity index (χ2v) is 5.81. The molecule has 0 aliphatic rings. The number of carbonyl (C=O) groups excluding carboxylic acids is 1. The lowest BCUT2D eigenvalue weighted by Crippen LogP contribution is -2.48. The predicted octanol–water partition coefficient (Wildman–Crippen LogP) is 1.93. The van der Waals surface area contributed by atoms with Crippen LogP contribution in [0.2, 0.25) is 0 Å². The molecule has 0 rings (SSSR count). The van der Waals surface area contributed by atoms with E-state index in [0.29, 0.717) is 6.42 Å². The molecule has 0 aliphatic carbocycles. The Balaban J connectivity index is 4.13. The van der Waals surface area contributed by atoms with Crippen LogP contribution in [0.25, 0.3) is 0 Å². The van der Waals surface area contributed by atoms with Crippen molar-refractivity contribution in [2.45, 2.75) is 45.7 Å². The molecule has 2 amide bonds. The molecule has 0 aromatic carbocycles. The SMILES string of the molecule is CSCCC(C)NC(=O)NC(CC(C)C)C(=O)O. The van der Waals surface area contributed by atoms with Crippen LogP contribution in [-0.2, 0) is 4.79 Å². The Kier molecular flexibility index (Phi) is 8.62. The lowest BCUT2D eigenvalue weighted by Gasteiger charge is -2.19. The number of amides is 2. The van der Waals surface area contributed by atoms with Crippen LogP contribution in [0.5, 0.6) is 0 Å². The summed E-state index contributed by atoms with van der Waals surface area (Å²) in [5.74, 6) is 0.200.